The Bertz CT molecular complexity index is 1010. The van der Waals surface area contributed by atoms with Crippen LogP contribution in [0.2, 0.25) is 0 Å². The van der Waals surface area contributed by atoms with Crippen molar-refractivity contribution >= 4 is 5.91 Å². The van der Waals surface area contributed by atoms with Crippen LogP contribution in [-0.4, -0.2) is 51.0 Å². The van der Waals surface area contributed by atoms with E-state index in [0.29, 0.717) is 31.1 Å². The van der Waals surface area contributed by atoms with Crippen LogP contribution in [0.25, 0.3) is 11.5 Å². The van der Waals surface area contributed by atoms with Crippen molar-refractivity contribution in [3.05, 3.63) is 66.1 Å². The van der Waals surface area contributed by atoms with Crippen molar-refractivity contribution in [1.82, 2.24) is 19.2 Å². The number of ether oxygens (including phenoxy) is 1. The molecule has 3 aromatic rings. The molecule has 1 amide bonds. The lowest BCUT2D eigenvalue weighted by Crippen LogP contribution is -2.44. The van der Waals surface area contributed by atoms with E-state index >= 15 is 0 Å². The highest BCUT2D eigenvalue weighted by Crippen LogP contribution is 2.31. The molecule has 6 nitrogen and oxygen atoms in total. The summed E-state index contributed by atoms with van der Waals surface area (Å²) in [5, 5.41) is 4.25. The summed E-state index contributed by atoms with van der Waals surface area (Å²) < 4.78 is 48.0. The molecule has 1 aromatic carbocycles. The minimum absolute atomic E-state index is 0.0822. The van der Waals surface area contributed by atoms with Crippen molar-refractivity contribution < 1.29 is 22.7 Å². The largest absolute Gasteiger partial charge is 0.416 e. The zero-order valence-corrected chi connectivity index (χ0v) is 15.6. The first-order valence-corrected chi connectivity index (χ1v) is 9.14. The third-order valence-corrected chi connectivity index (χ3v) is 4.77. The number of benzene rings is 1. The van der Waals surface area contributed by atoms with Gasteiger partial charge in [-0.15, -0.1) is 0 Å². The lowest BCUT2D eigenvalue weighted by molar-refractivity contribution is -0.137. The Labute approximate surface area is 165 Å². The molecule has 0 spiro atoms. The standard InChI is InChI=1S/C20H19F3N4O2/c1-14-13-26(9-10-29-14)19(28)17-12-24-27(18(17)25-7-2-3-8-25)16-6-4-5-15(11-16)20(21,22)23/h2-8,11-12,14H,9-10,13H2,1H3/t14-/m1/s1. The molecule has 0 unspecified atom stereocenters. The van der Waals surface area contributed by atoms with Gasteiger partial charge in [0.25, 0.3) is 5.91 Å². The average molecular weight is 404 g/mol. The highest BCUT2D eigenvalue weighted by Gasteiger charge is 2.32. The first kappa shape index (κ1) is 19.3. The molecule has 152 valence electrons. The van der Waals surface area contributed by atoms with Crippen LogP contribution < -0.4 is 0 Å². The second-order valence-corrected chi connectivity index (χ2v) is 6.86. The fraction of sp³-hybridized carbons (Fsp3) is 0.300. The summed E-state index contributed by atoms with van der Waals surface area (Å²) in [6, 6.07) is 8.42. The number of alkyl halides is 3. The van der Waals surface area contributed by atoms with Crippen molar-refractivity contribution in [1.29, 1.82) is 0 Å². The highest BCUT2D eigenvalue weighted by atomic mass is 19.4. The van der Waals surface area contributed by atoms with Crippen LogP contribution in [0.5, 0.6) is 0 Å². The summed E-state index contributed by atoms with van der Waals surface area (Å²) in [5.74, 6) is 0.153. The Morgan fingerprint density at radius 2 is 1.97 bits per heavy atom. The maximum absolute atomic E-state index is 13.2. The SMILES string of the molecule is C[C@@H]1CN(C(=O)c2cnn(-c3cccc(C(F)(F)F)c3)c2-n2cccc2)CCO1. The Balaban J connectivity index is 1.80. The summed E-state index contributed by atoms with van der Waals surface area (Å²) in [6.45, 7) is 3.22. The Kier molecular flexibility index (Phi) is 4.91. The Morgan fingerprint density at radius 3 is 2.66 bits per heavy atom. The van der Waals surface area contributed by atoms with Gasteiger partial charge in [0.2, 0.25) is 0 Å². The third-order valence-electron chi connectivity index (χ3n) is 4.77. The molecule has 1 saturated heterocycles. The van der Waals surface area contributed by atoms with Crippen LogP contribution in [0.1, 0.15) is 22.8 Å². The zero-order chi connectivity index (χ0) is 20.6. The van der Waals surface area contributed by atoms with Gasteiger partial charge in [0, 0.05) is 25.5 Å². The smallest absolute Gasteiger partial charge is 0.375 e. The molecule has 0 radical (unpaired) electrons. The zero-order valence-electron chi connectivity index (χ0n) is 15.6. The molecule has 29 heavy (non-hydrogen) atoms. The minimum atomic E-state index is -4.47. The molecule has 3 heterocycles. The van der Waals surface area contributed by atoms with Crippen LogP contribution in [0.3, 0.4) is 0 Å². The maximum Gasteiger partial charge on any atom is 0.416 e. The molecule has 1 fully saturated rings. The van der Waals surface area contributed by atoms with Crippen LogP contribution in [0.15, 0.2) is 55.0 Å². The molecule has 2 aromatic heterocycles. The summed E-state index contributed by atoms with van der Waals surface area (Å²) >= 11 is 0. The number of amides is 1. The second kappa shape index (κ2) is 7.40. The number of aromatic nitrogens is 3. The predicted octanol–water partition coefficient (Wildman–Crippen LogP) is 3.54. The molecule has 0 aliphatic carbocycles. The van der Waals surface area contributed by atoms with Gasteiger partial charge >= 0.3 is 6.18 Å². The molecule has 0 N–H and O–H groups in total. The lowest BCUT2D eigenvalue weighted by atomic mass is 10.2. The van der Waals surface area contributed by atoms with E-state index in [1.54, 1.807) is 34.0 Å². The van der Waals surface area contributed by atoms with Gasteiger partial charge in [-0.2, -0.15) is 18.3 Å². The van der Waals surface area contributed by atoms with Crippen molar-refractivity contribution in [3.8, 4) is 11.5 Å². The number of rotatable bonds is 3. The molecule has 1 aliphatic heterocycles. The van der Waals surface area contributed by atoms with Crippen LogP contribution in [-0.2, 0) is 10.9 Å². The van der Waals surface area contributed by atoms with Crippen molar-refractivity contribution in [2.45, 2.75) is 19.2 Å². The van der Waals surface area contributed by atoms with Crippen molar-refractivity contribution in [3.63, 3.8) is 0 Å². The van der Waals surface area contributed by atoms with Gasteiger partial charge in [-0.25, -0.2) is 4.68 Å². The summed E-state index contributed by atoms with van der Waals surface area (Å²) in [7, 11) is 0. The number of halogens is 3. The van der Waals surface area contributed by atoms with Gasteiger partial charge in [-0.1, -0.05) is 6.07 Å². The quantitative estimate of drug-likeness (QED) is 0.671. The molecule has 1 aliphatic rings. The second-order valence-electron chi connectivity index (χ2n) is 6.86. The van der Waals surface area contributed by atoms with Gasteiger partial charge in [0.15, 0.2) is 5.82 Å². The number of morpholine rings is 1. The number of hydrogen-bond acceptors (Lipinski definition) is 3. The van der Waals surface area contributed by atoms with Gasteiger partial charge in [-0.05, 0) is 37.3 Å². The predicted molar refractivity (Wildman–Crippen MR) is 99.2 cm³/mol. The van der Waals surface area contributed by atoms with Gasteiger partial charge < -0.3 is 14.2 Å². The van der Waals surface area contributed by atoms with Crippen LogP contribution >= 0.6 is 0 Å². The van der Waals surface area contributed by atoms with Gasteiger partial charge in [-0.3, -0.25) is 4.79 Å². The molecule has 0 saturated carbocycles. The normalized spacial score (nSPS) is 17.5. The van der Waals surface area contributed by atoms with E-state index in [2.05, 4.69) is 5.10 Å². The fourth-order valence-corrected chi connectivity index (χ4v) is 3.39. The molecule has 9 heteroatoms. The monoisotopic (exact) mass is 404 g/mol. The topological polar surface area (TPSA) is 52.3 Å². The Hall–Kier alpha value is -3.07. The minimum Gasteiger partial charge on any atom is -0.375 e. The number of carbonyl (C=O) groups is 1. The van der Waals surface area contributed by atoms with Gasteiger partial charge in [0.1, 0.15) is 5.56 Å². The molecular formula is C20H19F3N4O2. The van der Waals surface area contributed by atoms with E-state index < -0.39 is 11.7 Å². The maximum atomic E-state index is 13.2. The van der Waals surface area contributed by atoms with Gasteiger partial charge in [0.05, 0.1) is 30.2 Å². The molecule has 4 rings (SSSR count). The summed E-state index contributed by atoms with van der Waals surface area (Å²) in [6.07, 6.45) is 0.290. The van der Waals surface area contributed by atoms with Crippen molar-refractivity contribution in [2.75, 3.05) is 19.7 Å². The third kappa shape index (κ3) is 3.77. The fourth-order valence-electron chi connectivity index (χ4n) is 3.39. The van der Waals surface area contributed by atoms with E-state index in [0.717, 1.165) is 12.1 Å². The first-order chi connectivity index (χ1) is 13.8. The van der Waals surface area contributed by atoms with E-state index in [1.165, 1.54) is 23.0 Å². The van der Waals surface area contributed by atoms with E-state index in [9.17, 15) is 18.0 Å². The van der Waals surface area contributed by atoms with E-state index in [-0.39, 0.29) is 17.7 Å². The number of carbonyl (C=O) groups excluding carboxylic acids is 1. The van der Waals surface area contributed by atoms with E-state index in [4.69, 9.17) is 4.74 Å². The lowest BCUT2D eigenvalue weighted by Gasteiger charge is -2.31. The summed E-state index contributed by atoms with van der Waals surface area (Å²) in [5.41, 5.74) is -0.246. The van der Waals surface area contributed by atoms with Crippen molar-refractivity contribution in [2.24, 2.45) is 0 Å². The first-order valence-electron chi connectivity index (χ1n) is 9.14. The number of hydrogen-bond donors (Lipinski definition) is 0. The Morgan fingerprint density at radius 1 is 1.21 bits per heavy atom. The van der Waals surface area contributed by atoms with Crippen LogP contribution in [0, 0.1) is 0 Å². The molecule has 1 atom stereocenters. The number of nitrogens with zero attached hydrogens (tertiary/aromatic N) is 4. The average Bonchev–Trinajstić information content (AvgIpc) is 3.36. The summed E-state index contributed by atoms with van der Waals surface area (Å²) in [4.78, 5) is 14.8. The molecule has 0 bridgehead atoms. The highest BCUT2D eigenvalue weighted by molar-refractivity contribution is 5.97. The molecular weight excluding hydrogens is 385 g/mol. The van der Waals surface area contributed by atoms with E-state index in [1.807, 2.05) is 6.92 Å². The van der Waals surface area contributed by atoms with Crippen LogP contribution in [0.4, 0.5) is 13.2 Å².